The van der Waals surface area contributed by atoms with Crippen LogP contribution in [0.4, 0.5) is 5.88 Å². The third kappa shape index (κ3) is 3.85. The van der Waals surface area contributed by atoms with Gasteiger partial charge in [0.15, 0.2) is 5.76 Å². The molecule has 142 valence electrons. The average Bonchev–Trinajstić information content (AvgIpc) is 3.38. The molecule has 0 N–H and O–H groups in total. The SMILES string of the molecule is N#Cc1nc(-c2ccco2)oc1N1CCC(C(=O)OC2CCCCC2)CC1. The first-order valence-corrected chi connectivity index (χ1v) is 9.65. The lowest BCUT2D eigenvalue weighted by atomic mass is 9.95. The van der Waals surface area contributed by atoms with Crippen molar-refractivity contribution < 1.29 is 18.4 Å². The second-order valence-corrected chi connectivity index (χ2v) is 7.22. The van der Waals surface area contributed by atoms with E-state index in [-0.39, 0.29) is 23.7 Å². The number of rotatable bonds is 4. The smallest absolute Gasteiger partial charge is 0.309 e. The summed E-state index contributed by atoms with van der Waals surface area (Å²) >= 11 is 0. The van der Waals surface area contributed by atoms with Crippen LogP contribution >= 0.6 is 0 Å². The molecule has 0 radical (unpaired) electrons. The number of hydrogen-bond donors (Lipinski definition) is 0. The summed E-state index contributed by atoms with van der Waals surface area (Å²) in [7, 11) is 0. The summed E-state index contributed by atoms with van der Waals surface area (Å²) in [4.78, 5) is 18.6. The van der Waals surface area contributed by atoms with Crippen molar-refractivity contribution in [1.29, 1.82) is 5.26 Å². The van der Waals surface area contributed by atoms with Crippen molar-refractivity contribution in [3.63, 3.8) is 0 Å². The molecule has 0 amide bonds. The van der Waals surface area contributed by atoms with E-state index in [1.54, 1.807) is 12.1 Å². The zero-order valence-electron chi connectivity index (χ0n) is 15.2. The molecular formula is C20H23N3O4. The molecule has 7 nitrogen and oxygen atoms in total. The molecule has 0 aromatic carbocycles. The largest absolute Gasteiger partial charge is 0.462 e. The van der Waals surface area contributed by atoms with Crippen molar-refractivity contribution in [3.8, 4) is 17.7 Å². The van der Waals surface area contributed by atoms with Gasteiger partial charge in [-0.1, -0.05) is 6.42 Å². The van der Waals surface area contributed by atoms with Gasteiger partial charge in [0.2, 0.25) is 11.6 Å². The van der Waals surface area contributed by atoms with Crippen molar-refractivity contribution in [1.82, 2.24) is 4.98 Å². The molecule has 0 unspecified atom stereocenters. The number of anilines is 1. The van der Waals surface area contributed by atoms with Crippen LogP contribution in [-0.2, 0) is 9.53 Å². The Balaban J connectivity index is 1.38. The highest BCUT2D eigenvalue weighted by Gasteiger charge is 2.31. The first kappa shape index (κ1) is 17.7. The first-order valence-electron chi connectivity index (χ1n) is 9.65. The molecule has 1 saturated carbocycles. The lowest BCUT2D eigenvalue weighted by Gasteiger charge is -2.31. The first-order chi connectivity index (χ1) is 13.2. The Morgan fingerprint density at radius 2 is 2.00 bits per heavy atom. The molecule has 0 atom stereocenters. The molecule has 3 heterocycles. The molecule has 2 fully saturated rings. The second-order valence-electron chi connectivity index (χ2n) is 7.22. The number of hydrogen-bond acceptors (Lipinski definition) is 7. The number of carbonyl (C=O) groups excluding carboxylic acids is 1. The second kappa shape index (κ2) is 7.87. The number of furan rings is 1. The van der Waals surface area contributed by atoms with Crippen LogP contribution in [0.5, 0.6) is 0 Å². The van der Waals surface area contributed by atoms with Gasteiger partial charge in [-0.05, 0) is 50.7 Å². The van der Waals surface area contributed by atoms with Gasteiger partial charge in [-0.25, -0.2) is 0 Å². The zero-order valence-corrected chi connectivity index (χ0v) is 15.2. The van der Waals surface area contributed by atoms with E-state index in [4.69, 9.17) is 13.6 Å². The summed E-state index contributed by atoms with van der Waals surface area (Å²) in [6.45, 7) is 1.26. The minimum atomic E-state index is -0.0822. The predicted molar refractivity (Wildman–Crippen MR) is 96.8 cm³/mol. The molecule has 2 aromatic rings. The van der Waals surface area contributed by atoms with Crippen LogP contribution in [0.1, 0.15) is 50.6 Å². The van der Waals surface area contributed by atoms with Gasteiger partial charge in [0.1, 0.15) is 12.2 Å². The van der Waals surface area contributed by atoms with E-state index in [0.717, 1.165) is 25.7 Å². The Morgan fingerprint density at radius 1 is 1.22 bits per heavy atom. The molecular weight excluding hydrogens is 346 g/mol. The Morgan fingerprint density at radius 3 is 2.67 bits per heavy atom. The fraction of sp³-hybridized carbons (Fsp3) is 0.550. The topological polar surface area (TPSA) is 92.5 Å². The highest BCUT2D eigenvalue weighted by molar-refractivity contribution is 5.73. The normalized spacial score (nSPS) is 19.0. The van der Waals surface area contributed by atoms with Gasteiger partial charge in [0.25, 0.3) is 5.89 Å². The fourth-order valence-corrected chi connectivity index (χ4v) is 3.87. The van der Waals surface area contributed by atoms with Gasteiger partial charge in [-0.3, -0.25) is 4.79 Å². The fourth-order valence-electron chi connectivity index (χ4n) is 3.87. The van der Waals surface area contributed by atoms with Crippen LogP contribution in [0.3, 0.4) is 0 Å². The molecule has 2 aliphatic rings. The predicted octanol–water partition coefficient (Wildman–Crippen LogP) is 3.90. The number of aromatic nitrogens is 1. The van der Waals surface area contributed by atoms with Crippen molar-refractivity contribution in [2.24, 2.45) is 5.92 Å². The van der Waals surface area contributed by atoms with Crippen LogP contribution in [-0.4, -0.2) is 30.1 Å². The van der Waals surface area contributed by atoms with Crippen molar-refractivity contribution >= 4 is 11.9 Å². The molecule has 7 heteroatoms. The van der Waals surface area contributed by atoms with E-state index < -0.39 is 0 Å². The maximum Gasteiger partial charge on any atom is 0.309 e. The summed E-state index contributed by atoms with van der Waals surface area (Å²) in [6, 6.07) is 5.57. The monoisotopic (exact) mass is 369 g/mol. The van der Waals surface area contributed by atoms with Gasteiger partial charge in [-0.15, -0.1) is 0 Å². The number of ether oxygens (including phenoxy) is 1. The van der Waals surface area contributed by atoms with Gasteiger partial charge in [0.05, 0.1) is 12.2 Å². The maximum absolute atomic E-state index is 12.5. The Hall–Kier alpha value is -2.75. The van der Waals surface area contributed by atoms with E-state index in [2.05, 4.69) is 11.1 Å². The molecule has 1 aliphatic carbocycles. The molecule has 1 aliphatic heterocycles. The van der Waals surface area contributed by atoms with Crippen LogP contribution in [0.2, 0.25) is 0 Å². The highest BCUT2D eigenvalue weighted by atomic mass is 16.5. The lowest BCUT2D eigenvalue weighted by molar-refractivity contribution is -0.156. The Labute approximate surface area is 157 Å². The van der Waals surface area contributed by atoms with E-state index in [1.807, 2.05) is 4.90 Å². The number of nitriles is 1. The van der Waals surface area contributed by atoms with Gasteiger partial charge in [-0.2, -0.15) is 10.2 Å². The van der Waals surface area contributed by atoms with E-state index in [9.17, 15) is 10.1 Å². The zero-order chi connectivity index (χ0) is 18.6. The minimum Gasteiger partial charge on any atom is -0.462 e. The molecule has 1 saturated heterocycles. The van der Waals surface area contributed by atoms with E-state index in [0.29, 0.717) is 43.5 Å². The molecule has 4 rings (SSSR count). The molecule has 0 bridgehead atoms. The highest BCUT2D eigenvalue weighted by Crippen LogP contribution is 2.32. The minimum absolute atomic E-state index is 0.0732. The summed E-state index contributed by atoms with van der Waals surface area (Å²) in [5.41, 5.74) is 0.240. The average molecular weight is 369 g/mol. The van der Waals surface area contributed by atoms with E-state index in [1.165, 1.54) is 12.7 Å². The standard InChI is InChI=1S/C20H23N3O4/c21-13-16-19(27-18(22-16)17-7-4-12-25-17)23-10-8-14(9-11-23)20(24)26-15-5-2-1-3-6-15/h4,7,12,14-15H,1-3,5-6,8-11H2. The summed E-state index contributed by atoms with van der Waals surface area (Å²) in [5.74, 6) is 1.08. The van der Waals surface area contributed by atoms with Crippen LogP contribution < -0.4 is 4.90 Å². The third-order valence-electron chi connectivity index (χ3n) is 5.40. The number of nitrogens with zero attached hydrogens (tertiary/aromatic N) is 3. The van der Waals surface area contributed by atoms with Crippen LogP contribution in [0.25, 0.3) is 11.7 Å². The molecule has 2 aromatic heterocycles. The summed E-state index contributed by atoms with van der Waals surface area (Å²) in [6.07, 6.45) is 8.53. The number of oxazole rings is 1. The van der Waals surface area contributed by atoms with Gasteiger partial charge < -0.3 is 18.5 Å². The Kier molecular flexibility index (Phi) is 5.14. The van der Waals surface area contributed by atoms with Crippen LogP contribution in [0.15, 0.2) is 27.2 Å². The van der Waals surface area contributed by atoms with Crippen molar-refractivity contribution in [2.75, 3.05) is 18.0 Å². The summed E-state index contributed by atoms with van der Waals surface area (Å²) in [5, 5.41) is 9.38. The maximum atomic E-state index is 12.5. The number of piperidine rings is 1. The summed E-state index contributed by atoms with van der Waals surface area (Å²) < 4.78 is 16.8. The number of carbonyl (C=O) groups is 1. The quantitative estimate of drug-likeness (QED) is 0.755. The molecule has 0 spiro atoms. The lowest BCUT2D eigenvalue weighted by Crippen LogP contribution is -2.38. The van der Waals surface area contributed by atoms with Gasteiger partial charge in [0, 0.05) is 13.1 Å². The van der Waals surface area contributed by atoms with Crippen molar-refractivity contribution in [3.05, 3.63) is 24.1 Å². The Bertz CT molecular complexity index is 807. The molecule has 27 heavy (non-hydrogen) atoms. The third-order valence-corrected chi connectivity index (χ3v) is 5.40. The van der Waals surface area contributed by atoms with E-state index >= 15 is 0 Å². The van der Waals surface area contributed by atoms with Gasteiger partial charge >= 0.3 is 5.97 Å². The van der Waals surface area contributed by atoms with Crippen LogP contribution in [0, 0.1) is 17.2 Å². The number of esters is 1. The van der Waals surface area contributed by atoms with Crippen molar-refractivity contribution in [2.45, 2.75) is 51.0 Å².